The number of ether oxygens (including phenoxy) is 1. The SMILES string of the molecule is CCCc1cc(Cl)c(OC)nc1C(=O)O. The van der Waals surface area contributed by atoms with E-state index in [1.807, 2.05) is 6.92 Å². The molecule has 0 unspecified atom stereocenters. The highest BCUT2D eigenvalue weighted by molar-refractivity contribution is 6.32. The van der Waals surface area contributed by atoms with Crippen LogP contribution in [0.1, 0.15) is 29.4 Å². The number of carboxylic acid groups (broad SMARTS) is 1. The molecule has 1 heterocycles. The molecule has 0 aromatic carbocycles. The van der Waals surface area contributed by atoms with E-state index in [1.54, 1.807) is 6.07 Å². The van der Waals surface area contributed by atoms with Crippen molar-refractivity contribution in [2.75, 3.05) is 7.11 Å². The fraction of sp³-hybridized carbons (Fsp3) is 0.400. The van der Waals surface area contributed by atoms with Crippen molar-refractivity contribution in [3.8, 4) is 5.88 Å². The predicted octanol–water partition coefficient (Wildman–Crippen LogP) is 2.39. The van der Waals surface area contributed by atoms with Crippen LogP contribution in [0.2, 0.25) is 5.02 Å². The Labute approximate surface area is 92.8 Å². The van der Waals surface area contributed by atoms with Gasteiger partial charge in [-0.25, -0.2) is 9.78 Å². The molecule has 0 spiro atoms. The Morgan fingerprint density at radius 2 is 2.33 bits per heavy atom. The van der Waals surface area contributed by atoms with Gasteiger partial charge in [0.2, 0.25) is 5.88 Å². The zero-order valence-electron chi connectivity index (χ0n) is 8.58. The molecule has 1 aromatic rings. The normalized spacial score (nSPS) is 10.1. The minimum Gasteiger partial charge on any atom is -0.480 e. The molecule has 82 valence electrons. The molecule has 1 N–H and O–H groups in total. The van der Waals surface area contributed by atoms with Gasteiger partial charge in [-0.3, -0.25) is 0 Å². The molecule has 0 aliphatic heterocycles. The quantitative estimate of drug-likeness (QED) is 0.861. The number of carboxylic acids is 1. The van der Waals surface area contributed by atoms with Crippen molar-refractivity contribution in [2.24, 2.45) is 0 Å². The molecule has 0 radical (unpaired) electrons. The second-order valence-corrected chi connectivity index (χ2v) is 3.45. The summed E-state index contributed by atoms with van der Waals surface area (Å²) < 4.78 is 4.86. The summed E-state index contributed by atoms with van der Waals surface area (Å²) in [4.78, 5) is 14.8. The lowest BCUT2D eigenvalue weighted by atomic mass is 10.1. The van der Waals surface area contributed by atoms with Crippen LogP contribution in [0.25, 0.3) is 0 Å². The first kappa shape index (κ1) is 11.8. The Morgan fingerprint density at radius 1 is 1.67 bits per heavy atom. The molecule has 0 fully saturated rings. The summed E-state index contributed by atoms with van der Waals surface area (Å²) in [6, 6.07) is 1.60. The van der Waals surface area contributed by atoms with Crippen LogP contribution in [0.3, 0.4) is 0 Å². The maximum absolute atomic E-state index is 10.9. The summed E-state index contributed by atoms with van der Waals surface area (Å²) in [5.74, 6) is -0.915. The lowest BCUT2D eigenvalue weighted by Crippen LogP contribution is -2.07. The number of hydrogen-bond donors (Lipinski definition) is 1. The molecule has 0 aliphatic rings. The topological polar surface area (TPSA) is 59.4 Å². The van der Waals surface area contributed by atoms with E-state index in [9.17, 15) is 4.79 Å². The smallest absolute Gasteiger partial charge is 0.354 e. The molecule has 0 bridgehead atoms. The molecule has 4 nitrogen and oxygen atoms in total. The van der Waals surface area contributed by atoms with Crippen LogP contribution >= 0.6 is 11.6 Å². The van der Waals surface area contributed by atoms with Crippen LogP contribution in [0.15, 0.2) is 6.07 Å². The zero-order valence-corrected chi connectivity index (χ0v) is 9.34. The van der Waals surface area contributed by atoms with Crippen molar-refractivity contribution in [3.63, 3.8) is 0 Å². The number of nitrogens with zero attached hydrogens (tertiary/aromatic N) is 1. The number of rotatable bonds is 4. The fourth-order valence-electron chi connectivity index (χ4n) is 1.30. The van der Waals surface area contributed by atoms with Gasteiger partial charge in [0.05, 0.1) is 7.11 Å². The number of halogens is 1. The first-order chi connectivity index (χ1) is 7.10. The third kappa shape index (κ3) is 2.59. The fourth-order valence-corrected chi connectivity index (χ4v) is 1.55. The summed E-state index contributed by atoms with van der Waals surface area (Å²) in [5.41, 5.74) is 0.647. The van der Waals surface area contributed by atoms with Crippen LogP contribution in [0, 0.1) is 0 Å². The molecule has 15 heavy (non-hydrogen) atoms. The van der Waals surface area contributed by atoms with Gasteiger partial charge in [0, 0.05) is 0 Å². The van der Waals surface area contributed by atoms with E-state index < -0.39 is 5.97 Å². The first-order valence-electron chi connectivity index (χ1n) is 4.56. The van der Waals surface area contributed by atoms with E-state index in [0.717, 1.165) is 6.42 Å². The number of hydrogen-bond acceptors (Lipinski definition) is 3. The second-order valence-electron chi connectivity index (χ2n) is 3.04. The van der Waals surface area contributed by atoms with Crippen LogP contribution in [-0.2, 0) is 6.42 Å². The van der Waals surface area contributed by atoms with Gasteiger partial charge in [-0.1, -0.05) is 24.9 Å². The maximum atomic E-state index is 10.9. The summed E-state index contributed by atoms with van der Waals surface area (Å²) in [7, 11) is 1.40. The standard InChI is InChI=1S/C10H12ClNO3/c1-3-4-6-5-7(11)9(15-2)12-8(6)10(13)14/h5H,3-4H2,1-2H3,(H,13,14). The van der Waals surface area contributed by atoms with Gasteiger partial charge in [0.15, 0.2) is 5.69 Å². The van der Waals surface area contributed by atoms with Gasteiger partial charge in [-0.2, -0.15) is 0 Å². The third-order valence-corrected chi connectivity index (χ3v) is 2.21. The van der Waals surface area contributed by atoms with E-state index in [4.69, 9.17) is 21.4 Å². The van der Waals surface area contributed by atoms with Crippen molar-refractivity contribution in [1.82, 2.24) is 4.98 Å². The van der Waals surface area contributed by atoms with E-state index >= 15 is 0 Å². The highest BCUT2D eigenvalue weighted by Crippen LogP contribution is 2.25. The first-order valence-corrected chi connectivity index (χ1v) is 4.94. The maximum Gasteiger partial charge on any atom is 0.354 e. The van der Waals surface area contributed by atoms with Crippen LogP contribution < -0.4 is 4.74 Å². The number of pyridine rings is 1. The molecular formula is C10H12ClNO3. The van der Waals surface area contributed by atoms with Crippen molar-refractivity contribution in [2.45, 2.75) is 19.8 Å². The molecule has 0 saturated heterocycles. The summed E-state index contributed by atoms with van der Waals surface area (Å²) >= 11 is 5.86. The molecule has 1 aromatic heterocycles. The van der Waals surface area contributed by atoms with E-state index in [2.05, 4.69) is 4.98 Å². The average Bonchev–Trinajstić information content (AvgIpc) is 2.18. The molecule has 0 atom stereocenters. The van der Waals surface area contributed by atoms with Crippen molar-refractivity contribution >= 4 is 17.6 Å². The molecule has 0 saturated carbocycles. The minimum absolute atomic E-state index is 0.0121. The van der Waals surface area contributed by atoms with E-state index in [-0.39, 0.29) is 11.6 Å². The third-order valence-electron chi connectivity index (χ3n) is 1.94. The van der Waals surface area contributed by atoms with E-state index in [0.29, 0.717) is 17.0 Å². The highest BCUT2D eigenvalue weighted by atomic mass is 35.5. The number of methoxy groups -OCH3 is 1. The van der Waals surface area contributed by atoms with Crippen molar-refractivity contribution in [1.29, 1.82) is 0 Å². The van der Waals surface area contributed by atoms with Crippen LogP contribution in [-0.4, -0.2) is 23.2 Å². The molecule has 0 aliphatic carbocycles. The number of aryl methyl sites for hydroxylation is 1. The Kier molecular flexibility index (Phi) is 3.91. The minimum atomic E-state index is -1.06. The van der Waals surface area contributed by atoms with Crippen molar-refractivity contribution in [3.05, 3.63) is 22.3 Å². The van der Waals surface area contributed by atoms with Crippen LogP contribution in [0.4, 0.5) is 0 Å². The number of carbonyl (C=O) groups is 1. The second kappa shape index (κ2) is 4.98. The van der Waals surface area contributed by atoms with Gasteiger partial charge >= 0.3 is 5.97 Å². The summed E-state index contributed by atoms with van der Waals surface area (Å²) in [6.45, 7) is 1.96. The zero-order chi connectivity index (χ0) is 11.4. The Hall–Kier alpha value is -1.29. The summed E-state index contributed by atoms with van der Waals surface area (Å²) in [5, 5.41) is 9.28. The lowest BCUT2D eigenvalue weighted by molar-refractivity contribution is 0.0688. The van der Waals surface area contributed by atoms with Gasteiger partial charge in [0.25, 0.3) is 0 Å². The van der Waals surface area contributed by atoms with E-state index in [1.165, 1.54) is 7.11 Å². The van der Waals surface area contributed by atoms with Gasteiger partial charge in [-0.15, -0.1) is 0 Å². The van der Waals surface area contributed by atoms with Gasteiger partial charge in [-0.05, 0) is 18.1 Å². The Bertz CT molecular complexity index is 379. The number of aromatic carboxylic acids is 1. The van der Waals surface area contributed by atoms with Crippen molar-refractivity contribution < 1.29 is 14.6 Å². The molecule has 0 amide bonds. The monoisotopic (exact) mass is 229 g/mol. The van der Waals surface area contributed by atoms with Crippen LogP contribution in [0.5, 0.6) is 5.88 Å². The molecular weight excluding hydrogens is 218 g/mol. The largest absolute Gasteiger partial charge is 0.480 e. The highest BCUT2D eigenvalue weighted by Gasteiger charge is 2.15. The summed E-state index contributed by atoms with van der Waals surface area (Å²) in [6.07, 6.45) is 1.48. The molecule has 1 rings (SSSR count). The molecule has 5 heteroatoms. The number of aromatic nitrogens is 1. The van der Waals surface area contributed by atoms with Gasteiger partial charge in [0.1, 0.15) is 5.02 Å². The Morgan fingerprint density at radius 3 is 2.80 bits per heavy atom. The Balaban J connectivity index is 3.25. The predicted molar refractivity (Wildman–Crippen MR) is 56.8 cm³/mol. The average molecular weight is 230 g/mol. The lowest BCUT2D eigenvalue weighted by Gasteiger charge is -2.08. The van der Waals surface area contributed by atoms with Gasteiger partial charge < -0.3 is 9.84 Å².